The molecular formula is C20H14O2. The van der Waals surface area contributed by atoms with Crippen LogP contribution < -0.4 is 0 Å². The van der Waals surface area contributed by atoms with Crippen LogP contribution in [0.1, 0.15) is 21.5 Å². The van der Waals surface area contributed by atoms with Crippen molar-refractivity contribution in [2.75, 3.05) is 0 Å². The molecule has 0 spiro atoms. The van der Waals surface area contributed by atoms with Gasteiger partial charge in [0.1, 0.15) is 5.75 Å². The molecule has 0 heterocycles. The van der Waals surface area contributed by atoms with Crippen LogP contribution in [-0.4, -0.2) is 10.9 Å². The molecule has 2 heteroatoms. The summed E-state index contributed by atoms with van der Waals surface area (Å²) in [7, 11) is 0. The van der Waals surface area contributed by atoms with E-state index in [1.165, 1.54) is 5.39 Å². The molecule has 0 saturated heterocycles. The second kappa shape index (κ2) is 4.85. The highest BCUT2D eigenvalue weighted by atomic mass is 16.3. The molecule has 0 aromatic heterocycles. The van der Waals surface area contributed by atoms with Gasteiger partial charge in [0, 0.05) is 23.1 Å². The zero-order valence-electron chi connectivity index (χ0n) is 11.9. The van der Waals surface area contributed by atoms with Crippen molar-refractivity contribution in [3.05, 3.63) is 82.9 Å². The van der Waals surface area contributed by atoms with Gasteiger partial charge in [-0.25, -0.2) is 0 Å². The van der Waals surface area contributed by atoms with Gasteiger partial charge in [-0.05, 0) is 34.5 Å². The molecule has 0 aliphatic heterocycles. The van der Waals surface area contributed by atoms with E-state index >= 15 is 0 Å². The van der Waals surface area contributed by atoms with Crippen LogP contribution in [-0.2, 0) is 6.42 Å². The highest BCUT2D eigenvalue weighted by molar-refractivity contribution is 6.16. The van der Waals surface area contributed by atoms with Crippen LogP contribution in [0.4, 0.5) is 0 Å². The molecule has 0 radical (unpaired) electrons. The minimum atomic E-state index is 0.0130. The summed E-state index contributed by atoms with van der Waals surface area (Å²) in [6.07, 6.45) is 2.42. The largest absolute Gasteiger partial charge is 0.508 e. The molecule has 0 unspecified atom stereocenters. The Labute approximate surface area is 128 Å². The van der Waals surface area contributed by atoms with Crippen molar-refractivity contribution < 1.29 is 9.90 Å². The van der Waals surface area contributed by atoms with E-state index < -0.39 is 0 Å². The number of allylic oxidation sites excluding steroid dienone is 1. The van der Waals surface area contributed by atoms with Gasteiger partial charge in [-0.3, -0.25) is 4.79 Å². The first-order valence-electron chi connectivity index (χ1n) is 7.27. The topological polar surface area (TPSA) is 37.3 Å². The van der Waals surface area contributed by atoms with Gasteiger partial charge in [-0.1, -0.05) is 48.5 Å². The van der Waals surface area contributed by atoms with Crippen LogP contribution in [0.15, 0.2) is 66.2 Å². The molecule has 106 valence electrons. The third-order valence-electron chi connectivity index (χ3n) is 4.17. The Morgan fingerprint density at radius 1 is 0.909 bits per heavy atom. The predicted octanol–water partition coefficient (Wildman–Crippen LogP) is 4.37. The number of hydrogen-bond donors (Lipinski definition) is 1. The van der Waals surface area contributed by atoms with Crippen LogP contribution >= 0.6 is 0 Å². The fourth-order valence-electron chi connectivity index (χ4n) is 3.03. The highest BCUT2D eigenvalue weighted by Crippen LogP contribution is 2.33. The zero-order valence-corrected chi connectivity index (χ0v) is 11.9. The van der Waals surface area contributed by atoms with Gasteiger partial charge in [-0.2, -0.15) is 0 Å². The molecule has 0 bridgehead atoms. The van der Waals surface area contributed by atoms with E-state index in [4.69, 9.17) is 0 Å². The lowest BCUT2D eigenvalue weighted by Gasteiger charge is -2.01. The first-order valence-corrected chi connectivity index (χ1v) is 7.27. The first-order chi connectivity index (χ1) is 10.7. The number of ketones is 1. The fraction of sp³-hybridized carbons (Fsp3) is 0.0500. The van der Waals surface area contributed by atoms with Crippen LogP contribution in [0.25, 0.3) is 16.8 Å². The monoisotopic (exact) mass is 286 g/mol. The van der Waals surface area contributed by atoms with Crippen LogP contribution in [0.3, 0.4) is 0 Å². The van der Waals surface area contributed by atoms with Gasteiger partial charge < -0.3 is 5.11 Å². The van der Waals surface area contributed by atoms with Crippen molar-refractivity contribution in [2.24, 2.45) is 0 Å². The quantitative estimate of drug-likeness (QED) is 0.674. The molecule has 0 saturated carbocycles. The van der Waals surface area contributed by atoms with Crippen molar-refractivity contribution >= 4 is 22.6 Å². The Morgan fingerprint density at radius 3 is 2.55 bits per heavy atom. The van der Waals surface area contributed by atoms with Gasteiger partial charge >= 0.3 is 0 Å². The Kier molecular flexibility index (Phi) is 2.83. The molecule has 4 rings (SSSR count). The average Bonchev–Trinajstić information content (AvgIpc) is 2.85. The molecule has 1 N–H and O–H groups in total. The summed E-state index contributed by atoms with van der Waals surface area (Å²) in [5.41, 5.74) is 3.09. The number of carbonyl (C=O) groups excluding carboxylic acids is 1. The molecule has 22 heavy (non-hydrogen) atoms. The Morgan fingerprint density at radius 2 is 1.73 bits per heavy atom. The van der Waals surface area contributed by atoms with Crippen molar-refractivity contribution in [1.29, 1.82) is 0 Å². The van der Waals surface area contributed by atoms with Gasteiger partial charge in [0.25, 0.3) is 0 Å². The Balaban J connectivity index is 1.77. The van der Waals surface area contributed by atoms with Gasteiger partial charge in [0.15, 0.2) is 5.78 Å². The number of hydrogen-bond acceptors (Lipinski definition) is 2. The van der Waals surface area contributed by atoms with Crippen molar-refractivity contribution in [3.8, 4) is 5.75 Å². The average molecular weight is 286 g/mol. The van der Waals surface area contributed by atoms with E-state index in [1.807, 2.05) is 24.3 Å². The van der Waals surface area contributed by atoms with Crippen molar-refractivity contribution in [2.45, 2.75) is 6.42 Å². The first kappa shape index (κ1) is 12.8. The maximum atomic E-state index is 12.4. The van der Waals surface area contributed by atoms with Crippen LogP contribution in [0, 0.1) is 0 Å². The summed E-state index contributed by atoms with van der Waals surface area (Å²) in [6.45, 7) is 0. The normalized spacial score (nSPS) is 15.5. The lowest BCUT2D eigenvalue weighted by molar-refractivity contribution is 0.104. The summed E-state index contributed by atoms with van der Waals surface area (Å²) in [5, 5.41) is 12.2. The van der Waals surface area contributed by atoms with Gasteiger partial charge in [0.05, 0.1) is 0 Å². The lowest BCUT2D eigenvalue weighted by Crippen LogP contribution is -1.94. The zero-order chi connectivity index (χ0) is 15.1. The van der Waals surface area contributed by atoms with Crippen molar-refractivity contribution in [1.82, 2.24) is 0 Å². The number of rotatable bonds is 1. The highest BCUT2D eigenvalue weighted by Gasteiger charge is 2.26. The molecule has 0 fully saturated rings. The summed E-state index contributed by atoms with van der Waals surface area (Å²) in [5.74, 6) is 0.215. The molecule has 1 aliphatic carbocycles. The maximum Gasteiger partial charge on any atom is 0.189 e. The summed E-state index contributed by atoms with van der Waals surface area (Å²) in [6, 6.07) is 19.4. The molecule has 1 aliphatic rings. The van der Waals surface area contributed by atoms with Crippen LogP contribution in [0.5, 0.6) is 5.75 Å². The molecule has 0 amide bonds. The van der Waals surface area contributed by atoms with Gasteiger partial charge in [-0.15, -0.1) is 0 Å². The van der Waals surface area contributed by atoms with Crippen LogP contribution in [0.2, 0.25) is 0 Å². The molecule has 3 aromatic carbocycles. The Bertz CT molecular complexity index is 935. The number of aromatic hydroxyl groups is 1. The third kappa shape index (κ3) is 2.01. The number of carbonyl (C=O) groups is 1. The number of Topliss-reactive ketones (excluding diaryl/α,β-unsaturated/α-hetero) is 1. The standard InChI is InChI=1S/C20H14O2/c21-19-7-3-6-17-18(19)12-16(20(17)22)11-13-8-9-14-4-1-2-5-15(14)10-13/h1-11,21H,12H2/b16-11-. The van der Waals surface area contributed by atoms with Gasteiger partial charge in [0.2, 0.25) is 0 Å². The SMILES string of the molecule is O=C1/C(=C\c2ccc3ccccc3c2)Cc2c(O)cccc21. The molecule has 2 nitrogen and oxygen atoms in total. The number of fused-ring (bicyclic) bond motifs is 2. The third-order valence-corrected chi connectivity index (χ3v) is 4.17. The second-order valence-corrected chi connectivity index (χ2v) is 5.59. The van der Waals surface area contributed by atoms with E-state index in [9.17, 15) is 9.90 Å². The van der Waals surface area contributed by atoms with E-state index in [1.54, 1.807) is 18.2 Å². The number of phenolic OH excluding ortho intramolecular Hbond substituents is 1. The fourth-order valence-corrected chi connectivity index (χ4v) is 3.03. The van der Waals surface area contributed by atoms with E-state index in [0.29, 0.717) is 12.0 Å². The molecule has 0 atom stereocenters. The number of phenols is 1. The minimum absolute atomic E-state index is 0.0130. The van der Waals surface area contributed by atoms with Crippen molar-refractivity contribution in [3.63, 3.8) is 0 Å². The molecule has 3 aromatic rings. The predicted molar refractivity (Wildman–Crippen MR) is 88.1 cm³/mol. The minimum Gasteiger partial charge on any atom is -0.508 e. The number of benzene rings is 3. The van der Waals surface area contributed by atoms with E-state index in [0.717, 1.165) is 22.1 Å². The smallest absolute Gasteiger partial charge is 0.189 e. The molecular weight excluding hydrogens is 272 g/mol. The second-order valence-electron chi connectivity index (χ2n) is 5.59. The van der Waals surface area contributed by atoms with E-state index in [2.05, 4.69) is 24.3 Å². The lowest BCUT2D eigenvalue weighted by atomic mass is 10.0. The summed E-state index contributed by atoms with van der Waals surface area (Å²) >= 11 is 0. The maximum absolute atomic E-state index is 12.4. The Hall–Kier alpha value is -2.87. The van der Waals surface area contributed by atoms with E-state index in [-0.39, 0.29) is 11.5 Å². The summed E-state index contributed by atoms with van der Waals surface area (Å²) in [4.78, 5) is 12.4. The summed E-state index contributed by atoms with van der Waals surface area (Å²) < 4.78 is 0.